The Bertz CT molecular complexity index is 298. The summed E-state index contributed by atoms with van der Waals surface area (Å²) in [5.41, 5.74) is 2.05. The third kappa shape index (κ3) is 2.95. The van der Waals surface area contributed by atoms with Crippen LogP contribution in [0.4, 0.5) is 0 Å². The summed E-state index contributed by atoms with van der Waals surface area (Å²) in [4.78, 5) is 23.1. The molecule has 0 saturated heterocycles. The van der Waals surface area contributed by atoms with E-state index in [0.717, 1.165) is 0 Å². The minimum Gasteiger partial charge on any atom is -0.480 e. The van der Waals surface area contributed by atoms with Crippen molar-refractivity contribution in [3.05, 3.63) is 0 Å². The SMILES string of the molecule is CC(C)(C)OC(=O)C(C)(C(=O)O)C(C)(C)N. The van der Waals surface area contributed by atoms with Crippen molar-refractivity contribution in [1.82, 2.24) is 0 Å². The second-order valence-electron chi connectivity index (χ2n) is 5.65. The monoisotopic (exact) mass is 231 g/mol. The highest BCUT2D eigenvalue weighted by molar-refractivity contribution is 6.00. The van der Waals surface area contributed by atoms with Gasteiger partial charge in [0.15, 0.2) is 5.41 Å². The van der Waals surface area contributed by atoms with E-state index in [-0.39, 0.29) is 0 Å². The van der Waals surface area contributed by atoms with Crippen LogP contribution in [0.15, 0.2) is 0 Å². The van der Waals surface area contributed by atoms with Gasteiger partial charge in [-0.3, -0.25) is 9.59 Å². The number of carboxylic acid groups (broad SMARTS) is 1. The summed E-state index contributed by atoms with van der Waals surface area (Å²) in [6, 6.07) is 0. The van der Waals surface area contributed by atoms with Gasteiger partial charge < -0.3 is 15.6 Å². The molecule has 0 amide bonds. The van der Waals surface area contributed by atoms with Crippen molar-refractivity contribution < 1.29 is 19.4 Å². The number of hydrogen-bond donors (Lipinski definition) is 2. The molecule has 0 aromatic heterocycles. The zero-order valence-electron chi connectivity index (χ0n) is 10.7. The first-order chi connectivity index (χ1) is 6.82. The molecular weight excluding hydrogens is 210 g/mol. The minimum absolute atomic E-state index is 0.737. The molecule has 16 heavy (non-hydrogen) atoms. The highest BCUT2D eigenvalue weighted by atomic mass is 16.6. The maximum atomic E-state index is 11.9. The Balaban J connectivity index is 5.26. The lowest BCUT2D eigenvalue weighted by Crippen LogP contribution is -2.59. The highest BCUT2D eigenvalue weighted by Crippen LogP contribution is 2.32. The van der Waals surface area contributed by atoms with Gasteiger partial charge in [0.05, 0.1) is 0 Å². The number of carboxylic acids is 1. The molecule has 0 aliphatic carbocycles. The van der Waals surface area contributed by atoms with Crippen molar-refractivity contribution in [2.75, 3.05) is 0 Å². The average molecular weight is 231 g/mol. The van der Waals surface area contributed by atoms with E-state index in [2.05, 4.69) is 0 Å². The van der Waals surface area contributed by atoms with Crippen molar-refractivity contribution in [2.24, 2.45) is 11.1 Å². The summed E-state index contributed by atoms with van der Waals surface area (Å²) in [6.07, 6.45) is 0. The Morgan fingerprint density at radius 1 is 1.06 bits per heavy atom. The van der Waals surface area contributed by atoms with E-state index in [9.17, 15) is 9.59 Å². The molecule has 0 saturated carbocycles. The zero-order valence-corrected chi connectivity index (χ0v) is 10.7. The lowest BCUT2D eigenvalue weighted by Gasteiger charge is -2.37. The van der Waals surface area contributed by atoms with Crippen LogP contribution in [0.5, 0.6) is 0 Å². The third-order valence-corrected chi connectivity index (χ3v) is 2.52. The maximum Gasteiger partial charge on any atom is 0.325 e. The molecule has 0 rings (SSSR count). The van der Waals surface area contributed by atoms with Crippen molar-refractivity contribution in [3.8, 4) is 0 Å². The summed E-state index contributed by atoms with van der Waals surface area (Å²) in [7, 11) is 0. The number of ether oxygens (including phenoxy) is 1. The van der Waals surface area contributed by atoms with Gasteiger partial charge in [-0.1, -0.05) is 0 Å². The lowest BCUT2D eigenvalue weighted by atomic mass is 9.73. The Kier molecular flexibility index (Phi) is 3.77. The maximum absolute atomic E-state index is 11.9. The molecule has 3 N–H and O–H groups in total. The van der Waals surface area contributed by atoms with Crippen LogP contribution in [-0.2, 0) is 14.3 Å². The highest BCUT2D eigenvalue weighted by Gasteiger charge is 2.54. The Labute approximate surface area is 96.0 Å². The van der Waals surface area contributed by atoms with Gasteiger partial charge in [-0.15, -0.1) is 0 Å². The Morgan fingerprint density at radius 3 is 1.62 bits per heavy atom. The lowest BCUT2D eigenvalue weighted by molar-refractivity contribution is -0.179. The molecule has 0 aliphatic heterocycles. The number of aliphatic carboxylic acids is 1. The topological polar surface area (TPSA) is 89.6 Å². The van der Waals surface area contributed by atoms with E-state index in [1.807, 2.05) is 0 Å². The summed E-state index contributed by atoms with van der Waals surface area (Å²) < 4.78 is 5.09. The average Bonchev–Trinajstić information content (AvgIpc) is 1.96. The quantitative estimate of drug-likeness (QED) is 0.562. The van der Waals surface area contributed by atoms with Crippen LogP contribution in [0.2, 0.25) is 0 Å². The molecule has 1 atom stereocenters. The molecule has 0 aromatic rings. The predicted octanol–water partition coefficient (Wildman–Crippen LogP) is 1.16. The van der Waals surface area contributed by atoms with E-state index in [0.29, 0.717) is 0 Å². The molecule has 1 unspecified atom stereocenters. The van der Waals surface area contributed by atoms with E-state index < -0.39 is 28.5 Å². The first-order valence-electron chi connectivity index (χ1n) is 5.08. The fraction of sp³-hybridized carbons (Fsp3) is 0.818. The van der Waals surface area contributed by atoms with Gasteiger partial charge in [-0.25, -0.2) is 0 Å². The second kappa shape index (κ2) is 4.05. The van der Waals surface area contributed by atoms with Gasteiger partial charge in [0.25, 0.3) is 0 Å². The van der Waals surface area contributed by atoms with Gasteiger partial charge in [0.2, 0.25) is 0 Å². The van der Waals surface area contributed by atoms with E-state index in [4.69, 9.17) is 15.6 Å². The summed E-state index contributed by atoms with van der Waals surface area (Å²) in [6.45, 7) is 9.30. The Morgan fingerprint density at radius 2 is 1.44 bits per heavy atom. The third-order valence-electron chi connectivity index (χ3n) is 2.52. The molecule has 0 bridgehead atoms. The van der Waals surface area contributed by atoms with E-state index in [1.165, 1.54) is 20.8 Å². The number of hydrogen-bond acceptors (Lipinski definition) is 4. The first kappa shape index (κ1) is 14.9. The van der Waals surface area contributed by atoms with Gasteiger partial charge in [-0.05, 0) is 41.5 Å². The minimum atomic E-state index is -1.76. The molecule has 94 valence electrons. The van der Waals surface area contributed by atoms with Gasteiger partial charge in [-0.2, -0.15) is 0 Å². The van der Waals surface area contributed by atoms with Crippen LogP contribution in [0.3, 0.4) is 0 Å². The van der Waals surface area contributed by atoms with Crippen LogP contribution < -0.4 is 5.73 Å². The molecule has 0 heterocycles. The van der Waals surface area contributed by atoms with Crippen molar-refractivity contribution >= 4 is 11.9 Å². The molecular formula is C11H21NO4. The smallest absolute Gasteiger partial charge is 0.325 e. The molecule has 0 aliphatic rings. The largest absolute Gasteiger partial charge is 0.480 e. The van der Waals surface area contributed by atoms with Crippen molar-refractivity contribution in [3.63, 3.8) is 0 Å². The van der Waals surface area contributed by atoms with Crippen LogP contribution in [0.25, 0.3) is 0 Å². The van der Waals surface area contributed by atoms with Gasteiger partial charge >= 0.3 is 11.9 Å². The second-order valence-corrected chi connectivity index (χ2v) is 5.65. The predicted molar refractivity (Wildman–Crippen MR) is 59.9 cm³/mol. The Hall–Kier alpha value is -1.10. The van der Waals surface area contributed by atoms with Gasteiger partial charge in [0.1, 0.15) is 5.60 Å². The van der Waals surface area contributed by atoms with E-state index in [1.54, 1.807) is 20.8 Å². The fourth-order valence-electron chi connectivity index (χ4n) is 1.01. The summed E-state index contributed by atoms with van der Waals surface area (Å²) >= 11 is 0. The molecule has 0 spiro atoms. The number of carbonyl (C=O) groups excluding carboxylic acids is 1. The summed E-state index contributed by atoms with van der Waals surface area (Å²) in [5.74, 6) is -2.10. The van der Waals surface area contributed by atoms with Crippen LogP contribution in [0.1, 0.15) is 41.5 Å². The van der Waals surface area contributed by atoms with Crippen LogP contribution >= 0.6 is 0 Å². The fourth-order valence-corrected chi connectivity index (χ4v) is 1.01. The van der Waals surface area contributed by atoms with Crippen molar-refractivity contribution in [2.45, 2.75) is 52.7 Å². The van der Waals surface area contributed by atoms with Crippen LogP contribution in [0, 0.1) is 5.41 Å². The molecule has 5 heteroatoms. The number of carbonyl (C=O) groups is 2. The molecule has 0 aromatic carbocycles. The van der Waals surface area contributed by atoms with Gasteiger partial charge in [0, 0.05) is 5.54 Å². The molecule has 5 nitrogen and oxygen atoms in total. The molecule has 0 radical (unpaired) electrons. The summed E-state index contributed by atoms with van der Waals surface area (Å²) in [5, 5.41) is 9.15. The van der Waals surface area contributed by atoms with E-state index >= 15 is 0 Å². The van der Waals surface area contributed by atoms with Crippen LogP contribution in [-0.4, -0.2) is 28.2 Å². The number of nitrogens with two attached hydrogens (primary N) is 1. The first-order valence-corrected chi connectivity index (χ1v) is 5.08. The zero-order chi connectivity index (χ0) is 13.4. The molecule has 0 fully saturated rings. The standard InChI is InChI=1S/C11H21NO4/c1-9(2,3)16-8(15)11(6,7(13)14)10(4,5)12/h12H2,1-6H3,(H,13,14). The number of rotatable bonds is 3. The normalized spacial score (nSPS) is 16.4. The number of esters is 1. The van der Waals surface area contributed by atoms with Crippen molar-refractivity contribution in [1.29, 1.82) is 0 Å².